The van der Waals surface area contributed by atoms with Crippen molar-refractivity contribution in [3.8, 4) is 0 Å². The van der Waals surface area contributed by atoms with Crippen LogP contribution in [0.5, 0.6) is 0 Å². The van der Waals surface area contributed by atoms with E-state index in [-0.39, 0.29) is 0 Å². The highest BCUT2D eigenvalue weighted by Gasteiger charge is 2.31. The molecule has 0 saturated heterocycles. The number of carbonyl (C=O) groups excluding carboxylic acids is 1. The minimum Gasteiger partial charge on any atom is -0.320 e. The van der Waals surface area contributed by atoms with Crippen molar-refractivity contribution in [2.24, 2.45) is 0 Å². The summed E-state index contributed by atoms with van der Waals surface area (Å²) >= 11 is 2.91. The zero-order chi connectivity index (χ0) is 19.7. The van der Waals surface area contributed by atoms with Gasteiger partial charge in [0.05, 0.1) is 5.25 Å². The fourth-order valence-corrected chi connectivity index (χ4v) is 4.47. The lowest BCUT2D eigenvalue weighted by Gasteiger charge is -2.14. The van der Waals surface area contributed by atoms with Crippen LogP contribution in [-0.4, -0.2) is 25.9 Å². The Morgan fingerprint density at radius 1 is 1.29 bits per heavy atom. The molecule has 1 N–H and O–H groups in total. The molecule has 3 aromatic rings. The summed E-state index contributed by atoms with van der Waals surface area (Å²) in [6.45, 7) is 1.68. The maximum absolute atomic E-state index is 13.8. The van der Waals surface area contributed by atoms with Crippen molar-refractivity contribution in [2.45, 2.75) is 42.6 Å². The van der Waals surface area contributed by atoms with E-state index < -0.39 is 28.5 Å². The second-order valence-corrected chi connectivity index (χ2v) is 8.94. The third kappa shape index (κ3) is 4.10. The number of hydrogen-bond donors (Lipinski definition) is 1. The van der Waals surface area contributed by atoms with Crippen LogP contribution >= 0.6 is 23.1 Å². The predicted molar refractivity (Wildman–Crippen MR) is 106 cm³/mol. The van der Waals surface area contributed by atoms with Crippen molar-refractivity contribution in [3.63, 3.8) is 0 Å². The summed E-state index contributed by atoms with van der Waals surface area (Å²) in [4.78, 5) is 13.7. The molecule has 1 aliphatic rings. The number of halogens is 2. The molecule has 1 aliphatic carbocycles. The normalized spacial score (nSPS) is 14.8. The lowest BCUT2D eigenvalue weighted by atomic mass is 10.3. The van der Waals surface area contributed by atoms with E-state index in [1.54, 1.807) is 18.3 Å². The number of nitrogens with one attached hydrogen (secondary N) is 1. The molecule has 0 bridgehead atoms. The number of thiophene rings is 1. The minimum absolute atomic E-state index is 0.353. The fraction of sp³-hybridized carbons (Fsp3) is 0.316. The van der Waals surface area contributed by atoms with Gasteiger partial charge >= 0.3 is 0 Å². The van der Waals surface area contributed by atoms with Gasteiger partial charge in [-0.25, -0.2) is 8.78 Å². The molecule has 146 valence electrons. The third-order valence-electron chi connectivity index (χ3n) is 4.42. The van der Waals surface area contributed by atoms with E-state index in [2.05, 4.69) is 26.1 Å². The van der Waals surface area contributed by atoms with Gasteiger partial charge in [-0.3, -0.25) is 4.79 Å². The van der Waals surface area contributed by atoms with Crippen LogP contribution in [0, 0.1) is 11.6 Å². The molecular weight excluding hydrogens is 402 g/mol. The summed E-state index contributed by atoms with van der Waals surface area (Å²) in [6, 6.07) is 7.89. The monoisotopic (exact) mass is 420 g/mol. The topological polar surface area (TPSA) is 59.8 Å². The Balaban J connectivity index is 1.49. The first kappa shape index (κ1) is 19.1. The van der Waals surface area contributed by atoms with Gasteiger partial charge in [0, 0.05) is 17.3 Å². The predicted octanol–water partition coefficient (Wildman–Crippen LogP) is 4.66. The molecule has 5 nitrogen and oxygen atoms in total. The Bertz CT molecular complexity index is 966. The number of benzene rings is 1. The van der Waals surface area contributed by atoms with Crippen molar-refractivity contribution in [2.75, 3.05) is 5.32 Å². The van der Waals surface area contributed by atoms with Gasteiger partial charge in [0.15, 0.2) is 5.16 Å². The van der Waals surface area contributed by atoms with Crippen LogP contribution in [0.3, 0.4) is 0 Å². The summed E-state index contributed by atoms with van der Waals surface area (Å²) in [5.74, 6) is -1.21. The van der Waals surface area contributed by atoms with E-state index in [1.165, 1.54) is 22.7 Å². The number of carbonyl (C=O) groups is 1. The Labute approximate surface area is 169 Å². The van der Waals surface area contributed by atoms with E-state index in [1.807, 2.05) is 11.4 Å². The first-order chi connectivity index (χ1) is 13.5. The zero-order valence-electron chi connectivity index (χ0n) is 15.1. The van der Waals surface area contributed by atoms with Gasteiger partial charge in [-0.15, -0.1) is 21.5 Å². The van der Waals surface area contributed by atoms with Crippen LogP contribution in [0.1, 0.15) is 36.5 Å². The van der Waals surface area contributed by atoms with E-state index in [4.69, 9.17) is 0 Å². The number of nitrogens with zero attached hydrogens (tertiary/aromatic N) is 3. The zero-order valence-corrected chi connectivity index (χ0v) is 16.7. The average Bonchev–Trinajstić information content (AvgIpc) is 3.22. The maximum Gasteiger partial charge on any atom is 0.237 e. The minimum atomic E-state index is -0.801. The molecule has 1 aromatic carbocycles. The summed E-state index contributed by atoms with van der Waals surface area (Å²) in [7, 11) is 0. The number of rotatable bonds is 7. The van der Waals surface area contributed by atoms with Gasteiger partial charge in [-0.1, -0.05) is 23.9 Å². The lowest BCUT2D eigenvalue weighted by Crippen LogP contribution is -2.24. The highest BCUT2D eigenvalue weighted by molar-refractivity contribution is 8.00. The molecule has 1 unspecified atom stereocenters. The summed E-state index contributed by atoms with van der Waals surface area (Å²) in [5, 5.41) is 13.0. The molecule has 0 spiro atoms. The fourth-order valence-electron chi connectivity index (χ4n) is 2.83. The number of para-hydroxylation sites is 1. The molecule has 1 amide bonds. The molecule has 1 saturated carbocycles. The maximum atomic E-state index is 13.8. The van der Waals surface area contributed by atoms with Crippen molar-refractivity contribution >= 4 is 34.7 Å². The molecule has 28 heavy (non-hydrogen) atoms. The molecule has 9 heteroatoms. The average molecular weight is 421 g/mol. The van der Waals surface area contributed by atoms with Gasteiger partial charge in [0.2, 0.25) is 5.91 Å². The van der Waals surface area contributed by atoms with Gasteiger partial charge in [-0.05, 0) is 43.3 Å². The highest BCUT2D eigenvalue weighted by atomic mass is 32.2. The third-order valence-corrected chi connectivity index (χ3v) is 6.36. The molecule has 2 aromatic heterocycles. The highest BCUT2D eigenvalue weighted by Crippen LogP contribution is 2.40. The first-order valence-electron chi connectivity index (χ1n) is 8.90. The molecular formula is C19H18F2N4OS2. The van der Waals surface area contributed by atoms with Crippen LogP contribution < -0.4 is 5.32 Å². The summed E-state index contributed by atoms with van der Waals surface area (Å²) in [5.41, 5.74) is -0.429. The second kappa shape index (κ2) is 8.00. The summed E-state index contributed by atoms with van der Waals surface area (Å²) < 4.78 is 29.6. The van der Waals surface area contributed by atoms with Gasteiger partial charge in [0.1, 0.15) is 23.1 Å². The largest absolute Gasteiger partial charge is 0.320 e. The Morgan fingerprint density at radius 3 is 2.68 bits per heavy atom. The Morgan fingerprint density at radius 2 is 2.04 bits per heavy atom. The number of hydrogen-bond acceptors (Lipinski definition) is 5. The molecule has 4 rings (SSSR count). The van der Waals surface area contributed by atoms with Crippen molar-refractivity contribution in [1.29, 1.82) is 0 Å². The van der Waals surface area contributed by atoms with E-state index in [0.29, 0.717) is 17.6 Å². The Hall–Kier alpha value is -2.26. The van der Waals surface area contributed by atoms with Crippen LogP contribution in [0.15, 0.2) is 40.9 Å². The van der Waals surface area contributed by atoms with Crippen molar-refractivity contribution in [1.82, 2.24) is 14.8 Å². The van der Waals surface area contributed by atoms with Gasteiger partial charge in [0.25, 0.3) is 0 Å². The van der Waals surface area contributed by atoms with Gasteiger partial charge < -0.3 is 9.88 Å². The van der Waals surface area contributed by atoms with Crippen molar-refractivity contribution in [3.05, 3.63) is 58.0 Å². The van der Waals surface area contributed by atoms with Crippen molar-refractivity contribution < 1.29 is 13.6 Å². The smallest absolute Gasteiger partial charge is 0.237 e. The number of anilines is 1. The standard InChI is InChI=1S/C19H18F2N4OS2/c1-11(18(26)22-17-14(20)5-2-6-15(17)21)28-19-24-23-16(25(19)12-7-8-12)10-13-4-3-9-27-13/h2-6,9,11-12H,7-8,10H2,1H3,(H,22,26). The second-order valence-electron chi connectivity index (χ2n) is 6.60. The lowest BCUT2D eigenvalue weighted by molar-refractivity contribution is -0.115. The molecule has 1 atom stereocenters. The molecule has 1 fully saturated rings. The molecule has 0 aliphatic heterocycles. The van der Waals surface area contributed by atoms with Crippen LogP contribution in [0.2, 0.25) is 0 Å². The quantitative estimate of drug-likeness (QED) is 0.565. The number of thioether (sulfide) groups is 1. The van der Waals surface area contributed by atoms with E-state index in [0.717, 1.165) is 30.8 Å². The number of aromatic nitrogens is 3. The van der Waals surface area contributed by atoms with Gasteiger partial charge in [-0.2, -0.15) is 0 Å². The van der Waals surface area contributed by atoms with Crippen LogP contribution in [-0.2, 0) is 11.2 Å². The van der Waals surface area contributed by atoms with E-state index in [9.17, 15) is 13.6 Å². The SMILES string of the molecule is CC(Sc1nnc(Cc2cccs2)n1C1CC1)C(=O)Nc1c(F)cccc1F. The first-order valence-corrected chi connectivity index (χ1v) is 10.7. The number of amides is 1. The molecule has 0 radical (unpaired) electrons. The van der Waals surface area contributed by atoms with Crippen LogP contribution in [0.25, 0.3) is 0 Å². The van der Waals surface area contributed by atoms with E-state index >= 15 is 0 Å². The molecule has 2 heterocycles. The van der Waals surface area contributed by atoms with Crippen LogP contribution in [0.4, 0.5) is 14.5 Å². The summed E-state index contributed by atoms with van der Waals surface area (Å²) in [6.07, 6.45) is 2.82. The Kier molecular flexibility index (Phi) is 5.45.